The van der Waals surface area contributed by atoms with E-state index in [4.69, 9.17) is 0 Å². The van der Waals surface area contributed by atoms with Gasteiger partial charge in [-0.2, -0.15) is 0 Å². The van der Waals surface area contributed by atoms with Gasteiger partial charge in [-0.15, -0.1) is 0 Å². The second-order valence-electron chi connectivity index (χ2n) is 3.82. The Morgan fingerprint density at radius 3 is 2.56 bits per heavy atom. The summed E-state index contributed by atoms with van der Waals surface area (Å²) in [7, 11) is 1.31. The van der Waals surface area contributed by atoms with Gasteiger partial charge in [-0.25, -0.2) is 4.79 Å². The SMILES string of the molecule is COC(=O)C(C)(CO)NCc1ccccc1. The van der Waals surface area contributed by atoms with Gasteiger partial charge in [0.25, 0.3) is 0 Å². The maximum atomic E-state index is 11.4. The van der Waals surface area contributed by atoms with Crippen molar-refractivity contribution in [2.24, 2.45) is 0 Å². The molecule has 0 aliphatic carbocycles. The average Bonchev–Trinajstić information content (AvgIpc) is 2.36. The molecule has 1 unspecified atom stereocenters. The molecule has 0 saturated heterocycles. The number of benzene rings is 1. The number of methoxy groups -OCH3 is 1. The fourth-order valence-corrected chi connectivity index (χ4v) is 1.31. The molecule has 0 aliphatic heterocycles. The van der Waals surface area contributed by atoms with E-state index < -0.39 is 11.5 Å². The number of ether oxygens (including phenoxy) is 1. The highest BCUT2D eigenvalue weighted by Crippen LogP contribution is 2.07. The summed E-state index contributed by atoms with van der Waals surface area (Å²) in [6.45, 7) is 1.82. The number of carbonyl (C=O) groups is 1. The van der Waals surface area contributed by atoms with Crippen LogP contribution in [0.5, 0.6) is 0 Å². The van der Waals surface area contributed by atoms with Crippen molar-refractivity contribution in [3.8, 4) is 0 Å². The Balaban J connectivity index is 2.62. The largest absolute Gasteiger partial charge is 0.468 e. The molecule has 0 spiro atoms. The van der Waals surface area contributed by atoms with Crippen LogP contribution in [-0.2, 0) is 16.1 Å². The van der Waals surface area contributed by atoms with Crippen LogP contribution in [0.1, 0.15) is 12.5 Å². The fourth-order valence-electron chi connectivity index (χ4n) is 1.31. The minimum absolute atomic E-state index is 0.299. The molecule has 0 bridgehead atoms. The second kappa shape index (κ2) is 5.63. The highest BCUT2D eigenvalue weighted by Gasteiger charge is 2.32. The first-order valence-corrected chi connectivity index (χ1v) is 5.10. The van der Waals surface area contributed by atoms with Gasteiger partial charge in [0.05, 0.1) is 13.7 Å². The van der Waals surface area contributed by atoms with E-state index in [-0.39, 0.29) is 6.61 Å². The van der Waals surface area contributed by atoms with Crippen LogP contribution >= 0.6 is 0 Å². The van der Waals surface area contributed by atoms with Gasteiger partial charge in [-0.1, -0.05) is 30.3 Å². The normalized spacial score (nSPS) is 14.2. The molecular formula is C12H17NO3. The highest BCUT2D eigenvalue weighted by molar-refractivity contribution is 5.80. The van der Waals surface area contributed by atoms with Crippen molar-refractivity contribution in [3.05, 3.63) is 35.9 Å². The van der Waals surface area contributed by atoms with Gasteiger partial charge in [0, 0.05) is 6.54 Å². The number of hydrogen-bond donors (Lipinski definition) is 2. The van der Waals surface area contributed by atoms with Crippen LogP contribution in [0.3, 0.4) is 0 Å². The molecule has 4 heteroatoms. The molecule has 4 nitrogen and oxygen atoms in total. The lowest BCUT2D eigenvalue weighted by Gasteiger charge is -2.25. The molecule has 0 fully saturated rings. The van der Waals surface area contributed by atoms with Crippen LogP contribution in [-0.4, -0.2) is 30.3 Å². The van der Waals surface area contributed by atoms with Crippen molar-refractivity contribution < 1.29 is 14.6 Å². The number of aliphatic hydroxyl groups excluding tert-OH is 1. The van der Waals surface area contributed by atoms with E-state index in [1.54, 1.807) is 6.92 Å². The Hall–Kier alpha value is -1.39. The summed E-state index contributed by atoms with van der Waals surface area (Å²) in [5.41, 5.74) is -0.00371. The van der Waals surface area contributed by atoms with E-state index >= 15 is 0 Å². The first-order chi connectivity index (χ1) is 7.62. The number of hydrogen-bond acceptors (Lipinski definition) is 4. The van der Waals surface area contributed by atoms with Crippen molar-refractivity contribution in [2.45, 2.75) is 19.0 Å². The molecule has 1 aromatic rings. The maximum absolute atomic E-state index is 11.4. The monoisotopic (exact) mass is 223 g/mol. The predicted molar refractivity (Wildman–Crippen MR) is 60.8 cm³/mol. The van der Waals surface area contributed by atoms with E-state index in [9.17, 15) is 9.90 Å². The summed E-state index contributed by atoms with van der Waals surface area (Å²) in [6, 6.07) is 9.66. The van der Waals surface area contributed by atoms with Gasteiger partial charge in [-0.05, 0) is 12.5 Å². The van der Waals surface area contributed by atoms with Gasteiger partial charge < -0.3 is 9.84 Å². The van der Waals surface area contributed by atoms with E-state index in [1.165, 1.54) is 7.11 Å². The summed E-state index contributed by atoms with van der Waals surface area (Å²) in [6.07, 6.45) is 0. The van der Waals surface area contributed by atoms with E-state index in [0.29, 0.717) is 6.54 Å². The molecule has 0 aliphatic rings. The predicted octanol–water partition coefficient (Wildman–Crippen LogP) is 0.700. The lowest BCUT2D eigenvalue weighted by atomic mass is 10.0. The first kappa shape index (κ1) is 12.7. The Labute approximate surface area is 95.2 Å². The molecule has 2 N–H and O–H groups in total. The van der Waals surface area contributed by atoms with Gasteiger partial charge in [0.2, 0.25) is 0 Å². The van der Waals surface area contributed by atoms with Gasteiger partial charge in [0.15, 0.2) is 0 Å². The second-order valence-corrected chi connectivity index (χ2v) is 3.82. The number of rotatable bonds is 5. The fraction of sp³-hybridized carbons (Fsp3) is 0.417. The van der Waals surface area contributed by atoms with Crippen molar-refractivity contribution in [1.29, 1.82) is 0 Å². The third-order valence-electron chi connectivity index (χ3n) is 2.48. The zero-order chi connectivity index (χ0) is 12.0. The van der Waals surface area contributed by atoms with Crippen LogP contribution < -0.4 is 5.32 Å². The smallest absolute Gasteiger partial charge is 0.328 e. The van der Waals surface area contributed by atoms with Crippen molar-refractivity contribution in [2.75, 3.05) is 13.7 Å². The van der Waals surface area contributed by atoms with Gasteiger partial charge >= 0.3 is 5.97 Å². The number of esters is 1. The Kier molecular flexibility index (Phi) is 4.46. The lowest BCUT2D eigenvalue weighted by molar-refractivity contribution is -0.149. The number of nitrogens with one attached hydrogen (secondary N) is 1. The minimum atomic E-state index is -1.05. The van der Waals surface area contributed by atoms with Crippen LogP contribution in [0.15, 0.2) is 30.3 Å². The Morgan fingerprint density at radius 2 is 2.06 bits per heavy atom. The quantitative estimate of drug-likeness (QED) is 0.721. The summed E-state index contributed by atoms with van der Waals surface area (Å²) >= 11 is 0. The van der Waals surface area contributed by atoms with Crippen LogP contribution in [0, 0.1) is 0 Å². The topological polar surface area (TPSA) is 58.6 Å². The summed E-state index contributed by atoms with van der Waals surface area (Å²) in [4.78, 5) is 11.4. The molecule has 1 aromatic carbocycles. The zero-order valence-corrected chi connectivity index (χ0v) is 9.56. The van der Waals surface area contributed by atoms with Crippen molar-refractivity contribution >= 4 is 5.97 Å². The van der Waals surface area contributed by atoms with Crippen molar-refractivity contribution in [1.82, 2.24) is 5.32 Å². The van der Waals surface area contributed by atoms with E-state index in [1.807, 2.05) is 30.3 Å². The Bertz CT molecular complexity index is 339. The zero-order valence-electron chi connectivity index (χ0n) is 9.56. The maximum Gasteiger partial charge on any atom is 0.328 e. The van der Waals surface area contributed by atoms with Gasteiger partial charge in [0.1, 0.15) is 5.54 Å². The van der Waals surface area contributed by atoms with Crippen LogP contribution in [0.4, 0.5) is 0 Å². The summed E-state index contributed by atoms with van der Waals surface area (Å²) < 4.78 is 4.63. The first-order valence-electron chi connectivity index (χ1n) is 5.10. The third kappa shape index (κ3) is 3.05. The molecule has 1 atom stereocenters. The molecule has 0 amide bonds. The van der Waals surface area contributed by atoms with E-state index in [2.05, 4.69) is 10.1 Å². The molecular weight excluding hydrogens is 206 g/mol. The van der Waals surface area contributed by atoms with Crippen molar-refractivity contribution in [3.63, 3.8) is 0 Å². The minimum Gasteiger partial charge on any atom is -0.468 e. The number of carbonyl (C=O) groups excluding carboxylic acids is 1. The summed E-state index contributed by atoms with van der Waals surface area (Å²) in [5.74, 6) is -0.467. The highest BCUT2D eigenvalue weighted by atomic mass is 16.5. The molecule has 1 rings (SSSR count). The Morgan fingerprint density at radius 1 is 1.44 bits per heavy atom. The molecule has 16 heavy (non-hydrogen) atoms. The molecule has 0 saturated carbocycles. The molecule has 0 radical (unpaired) electrons. The van der Waals surface area contributed by atoms with Gasteiger partial charge in [-0.3, -0.25) is 5.32 Å². The lowest BCUT2D eigenvalue weighted by Crippen LogP contribution is -2.52. The van der Waals surface area contributed by atoms with Crippen LogP contribution in [0.2, 0.25) is 0 Å². The molecule has 0 heterocycles. The molecule has 88 valence electrons. The summed E-state index contributed by atoms with van der Waals surface area (Å²) in [5, 5.41) is 12.2. The van der Waals surface area contributed by atoms with E-state index in [0.717, 1.165) is 5.56 Å². The number of aliphatic hydroxyl groups is 1. The van der Waals surface area contributed by atoms with Crippen LogP contribution in [0.25, 0.3) is 0 Å². The standard InChI is InChI=1S/C12H17NO3/c1-12(9-14,11(15)16-2)13-8-10-6-4-3-5-7-10/h3-7,13-14H,8-9H2,1-2H3. The molecule has 0 aromatic heterocycles. The third-order valence-corrected chi connectivity index (χ3v) is 2.48. The average molecular weight is 223 g/mol.